The van der Waals surface area contributed by atoms with E-state index >= 15 is 0 Å². The lowest BCUT2D eigenvalue weighted by molar-refractivity contribution is 0.0812. The molecule has 1 N–H and O–H groups in total. The molecule has 5 heterocycles. The smallest absolute Gasteiger partial charge is 0.272 e. The molecule has 0 aromatic carbocycles. The number of nitrogens with zero attached hydrogens (tertiary/aromatic N) is 5. The van der Waals surface area contributed by atoms with Crippen LogP contribution in [-0.4, -0.2) is 63.9 Å². The van der Waals surface area contributed by atoms with Gasteiger partial charge in [0.1, 0.15) is 5.69 Å². The Morgan fingerprint density at radius 2 is 1.84 bits per heavy atom. The fraction of sp³-hybridized carbons (Fsp3) is 0.391. The van der Waals surface area contributed by atoms with E-state index < -0.39 is 0 Å². The molecule has 0 bridgehead atoms. The summed E-state index contributed by atoms with van der Waals surface area (Å²) in [5.41, 5.74) is 6.13. The predicted molar refractivity (Wildman–Crippen MR) is 119 cm³/mol. The minimum absolute atomic E-state index is 0.00243. The maximum atomic E-state index is 12.1. The van der Waals surface area contributed by atoms with Gasteiger partial charge >= 0.3 is 0 Å². The van der Waals surface area contributed by atoms with Crippen LogP contribution >= 0.6 is 0 Å². The SMILES string of the molecule is CCc1cc2ncc(CN3CCN(c4cnc5c(c4)CN(C)C5=O)CC3)cc2[nH]c1=O. The van der Waals surface area contributed by atoms with Gasteiger partial charge in [0, 0.05) is 63.6 Å². The van der Waals surface area contributed by atoms with Gasteiger partial charge in [-0.1, -0.05) is 6.92 Å². The second-order valence-electron chi connectivity index (χ2n) is 8.38. The molecule has 0 spiro atoms. The number of anilines is 1. The first kappa shape index (κ1) is 19.7. The minimum Gasteiger partial charge on any atom is -0.368 e. The van der Waals surface area contributed by atoms with Gasteiger partial charge in [-0.2, -0.15) is 0 Å². The molecular formula is C23H26N6O2. The van der Waals surface area contributed by atoms with E-state index in [0.717, 1.165) is 66.1 Å². The third kappa shape index (κ3) is 3.67. The number of hydrogen-bond acceptors (Lipinski definition) is 6. The molecule has 160 valence electrons. The molecule has 8 heteroatoms. The van der Waals surface area contributed by atoms with E-state index in [2.05, 4.69) is 30.8 Å². The lowest BCUT2D eigenvalue weighted by atomic mass is 10.1. The van der Waals surface area contributed by atoms with E-state index in [1.165, 1.54) is 0 Å². The number of carbonyl (C=O) groups excluding carboxylic acids is 1. The van der Waals surface area contributed by atoms with Crippen molar-refractivity contribution in [3.05, 3.63) is 63.3 Å². The number of hydrogen-bond donors (Lipinski definition) is 1. The fourth-order valence-electron chi connectivity index (χ4n) is 4.43. The van der Waals surface area contributed by atoms with Crippen molar-refractivity contribution < 1.29 is 4.79 Å². The second-order valence-corrected chi connectivity index (χ2v) is 8.38. The monoisotopic (exact) mass is 418 g/mol. The zero-order valence-corrected chi connectivity index (χ0v) is 17.9. The highest BCUT2D eigenvalue weighted by atomic mass is 16.2. The minimum atomic E-state index is -0.0292. The molecule has 0 atom stereocenters. The molecule has 0 saturated carbocycles. The summed E-state index contributed by atoms with van der Waals surface area (Å²) in [7, 11) is 1.81. The molecule has 31 heavy (non-hydrogen) atoms. The summed E-state index contributed by atoms with van der Waals surface area (Å²) in [5.74, 6) is 0.00243. The summed E-state index contributed by atoms with van der Waals surface area (Å²) in [5, 5.41) is 0. The molecule has 1 saturated heterocycles. The number of carbonyl (C=O) groups is 1. The van der Waals surface area contributed by atoms with Crippen molar-refractivity contribution in [2.75, 3.05) is 38.1 Å². The summed E-state index contributed by atoms with van der Waals surface area (Å²) in [6, 6.07) is 6.02. The topological polar surface area (TPSA) is 85.4 Å². The highest BCUT2D eigenvalue weighted by Gasteiger charge is 2.27. The van der Waals surface area contributed by atoms with Gasteiger partial charge < -0.3 is 14.8 Å². The molecule has 0 radical (unpaired) electrons. The van der Waals surface area contributed by atoms with Gasteiger partial charge in [-0.15, -0.1) is 0 Å². The number of nitrogens with one attached hydrogen (secondary N) is 1. The van der Waals surface area contributed by atoms with Gasteiger partial charge in [-0.05, 0) is 30.2 Å². The molecule has 1 fully saturated rings. The first-order valence-electron chi connectivity index (χ1n) is 10.7. The molecule has 3 aromatic heterocycles. The van der Waals surface area contributed by atoms with E-state index in [-0.39, 0.29) is 11.5 Å². The standard InChI is InChI=1S/C23H26N6O2/c1-3-16-10-19-20(26-22(16)30)8-15(11-24-19)13-28-4-6-29(7-5-28)18-9-17-14-27(2)23(31)21(17)25-12-18/h8-12H,3-7,13-14H2,1-2H3,(H,26,30). The number of piperazine rings is 1. The number of pyridine rings is 3. The highest BCUT2D eigenvalue weighted by molar-refractivity contribution is 5.96. The van der Waals surface area contributed by atoms with Crippen LogP contribution in [0.15, 0.2) is 35.4 Å². The van der Waals surface area contributed by atoms with E-state index in [0.29, 0.717) is 18.7 Å². The van der Waals surface area contributed by atoms with Crippen molar-refractivity contribution in [3.63, 3.8) is 0 Å². The van der Waals surface area contributed by atoms with E-state index in [4.69, 9.17) is 0 Å². The second kappa shape index (κ2) is 7.77. The first-order valence-corrected chi connectivity index (χ1v) is 10.7. The molecule has 1 amide bonds. The molecular weight excluding hydrogens is 392 g/mol. The quantitative estimate of drug-likeness (QED) is 0.695. The number of fused-ring (bicyclic) bond motifs is 2. The first-order chi connectivity index (χ1) is 15.0. The predicted octanol–water partition coefficient (Wildman–Crippen LogP) is 1.79. The Morgan fingerprint density at radius 1 is 1.03 bits per heavy atom. The Balaban J connectivity index is 1.25. The fourth-order valence-corrected chi connectivity index (χ4v) is 4.43. The van der Waals surface area contributed by atoms with Crippen molar-refractivity contribution in [1.29, 1.82) is 0 Å². The maximum absolute atomic E-state index is 12.1. The molecule has 8 nitrogen and oxygen atoms in total. The molecule has 5 rings (SSSR count). The van der Waals surface area contributed by atoms with Gasteiger partial charge in [0.25, 0.3) is 11.5 Å². The number of amides is 1. The summed E-state index contributed by atoms with van der Waals surface area (Å²) < 4.78 is 0. The van der Waals surface area contributed by atoms with Gasteiger partial charge in [-0.3, -0.25) is 19.5 Å². The molecule has 3 aromatic rings. The van der Waals surface area contributed by atoms with Crippen LogP contribution in [0.25, 0.3) is 11.0 Å². The Morgan fingerprint density at radius 3 is 2.61 bits per heavy atom. The number of aryl methyl sites for hydroxylation is 1. The summed E-state index contributed by atoms with van der Waals surface area (Å²) in [6.07, 6.45) is 4.43. The molecule has 2 aliphatic rings. The average molecular weight is 419 g/mol. The van der Waals surface area contributed by atoms with Crippen LogP contribution in [0.5, 0.6) is 0 Å². The van der Waals surface area contributed by atoms with E-state index in [1.54, 1.807) is 4.90 Å². The van der Waals surface area contributed by atoms with Crippen LogP contribution in [0, 0.1) is 0 Å². The van der Waals surface area contributed by atoms with Gasteiger partial charge in [-0.25, -0.2) is 4.98 Å². The lowest BCUT2D eigenvalue weighted by Crippen LogP contribution is -2.46. The highest BCUT2D eigenvalue weighted by Crippen LogP contribution is 2.25. The van der Waals surface area contributed by atoms with Crippen LogP contribution in [0.4, 0.5) is 5.69 Å². The van der Waals surface area contributed by atoms with Crippen molar-refractivity contribution >= 4 is 22.6 Å². The third-order valence-corrected chi connectivity index (χ3v) is 6.26. The number of aromatic amines is 1. The average Bonchev–Trinajstić information content (AvgIpc) is 3.06. The summed E-state index contributed by atoms with van der Waals surface area (Å²) >= 11 is 0. The van der Waals surface area contributed by atoms with Crippen LogP contribution < -0.4 is 10.5 Å². The van der Waals surface area contributed by atoms with Gasteiger partial charge in [0.2, 0.25) is 0 Å². The van der Waals surface area contributed by atoms with Gasteiger partial charge in [0.05, 0.1) is 22.9 Å². The molecule has 0 unspecified atom stereocenters. The number of H-pyrrole nitrogens is 1. The van der Waals surface area contributed by atoms with Crippen molar-refractivity contribution in [3.8, 4) is 0 Å². The van der Waals surface area contributed by atoms with Crippen molar-refractivity contribution in [1.82, 2.24) is 24.8 Å². The van der Waals surface area contributed by atoms with Crippen molar-refractivity contribution in [2.45, 2.75) is 26.4 Å². The Hall–Kier alpha value is -3.26. The normalized spacial score (nSPS) is 16.9. The Labute approximate surface area is 180 Å². The van der Waals surface area contributed by atoms with E-state index in [1.807, 2.05) is 38.5 Å². The largest absolute Gasteiger partial charge is 0.368 e. The number of aromatic nitrogens is 3. The summed E-state index contributed by atoms with van der Waals surface area (Å²) in [6.45, 7) is 7.07. The number of rotatable bonds is 4. The van der Waals surface area contributed by atoms with Crippen LogP contribution in [0.2, 0.25) is 0 Å². The zero-order valence-electron chi connectivity index (χ0n) is 17.9. The zero-order chi connectivity index (χ0) is 21.5. The lowest BCUT2D eigenvalue weighted by Gasteiger charge is -2.36. The summed E-state index contributed by atoms with van der Waals surface area (Å²) in [4.78, 5) is 42.5. The third-order valence-electron chi connectivity index (χ3n) is 6.26. The maximum Gasteiger partial charge on any atom is 0.272 e. The van der Waals surface area contributed by atoms with Crippen LogP contribution in [0.1, 0.15) is 34.1 Å². The van der Waals surface area contributed by atoms with E-state index in [9.17, 15) is 9.59 Å². The van der Waals surface area contributed by atoms with Crippen molar-refractivity contribution in [2.24, 2.45) is 0 Å². The van der Waals surface area contributed by atoms with Gasteiger partial charge in [0.15, 0.2) is 0 Å². The molecule has 2 aliphatic heterocycles. The van der Waals surface area contributed by atoms with Crippen LogP contribution in [0.3, 0.4) is 0 Å². The Bertz CT molecular complexity index is 1210. The van der Waals surface area contributed by atoms with Crippen LogP contribution in [-0.2, 0) is 19.5 Å². The Kier molecular flexibility index (Phi) is 4.94. The molecule has 0 aliphatic carbocycles.